The van der Waals surface area contributed by atoms with Gasteiger partial charge in [-0.25, -0.2) is 0 Å². The molecule has 2 aromatic rings. The van der Waals surface area contributed by atoms with Crippen molar-refractivity contribution in [3.8, 4) is 11.1 Å². The summed E-state index contributed by atoms with van der Waals surface area (Å²) >= 11 is 1.10. The summed E-state index contributed by atoms with van der Waals surface area (Å²) in [7, 11) is 0. The fraction of sp³-hybridized carbons (Fsp3) is 0.111. The highest BCUT2D eigenvalue weighted by atomic mass is 32.1. The van der Waals surface area contributed by atoms with Gasteiger partial charge in [0.2, 0.25) is 0 Å². The largest absolute Gasteiger partial charge is 0.472 e. The van der Waals surface area contributed by atoms with Crippen LogP contribution < -0.4 is 0 Å². The quantitative estimate of drug-likeness (QED) is 0.658. The molecule has 0 aliphatic heterocycles. The van der Waals surface area contributed by atoms with Crippen LogP contribution in [0.3, 0.4) is 0 Å². The number of halogens is 1. The van der Waals surface area contributed by atoms with Gasteiger partial charge in [0.25, 0.3) is 0 Å². The van der Waals surface area contributed by atoms with E-state index in [1.807, 2.05) is 6.92 Å². The Morgan fingerprint density at radius 2 is 2.25 bits per heavy atom. The molecule has 0 amide bonds. The summed E-state index contributed by atoms with van der Waals surface area (Å²) in [5.74, 6) is 0. The molecule has 0 atom stereocenters. The molecule has 1 nitrogen and oxygen atoms in total. The van der Waals surface area contributed by atoms with Gasteiger partial charge in [0.05, 0.1) is 12.5 Å². The number of hydrogen-bond donors (Lipinski definition) is 0. The zero-order valence-electron chi connectivity index (χ0n) is 6.50. The summed E-state index contributed by atoms with van der Waals surface area (Å²) in [6.45, 7) is 1.94. The summed E-state index contributed by atoms with van der Waals surface area (Å²) < 4.78 is 17.6. The summed E-state index contributed by atoms with van der Waals surface area (Å²) in [6, 6.07) is 1.52. The lowest BCUT2D eigenvalue weighted by Gasteiger charge is -1.90. The van der Waals surface area contributed by atoms with E-state index in [2.05, 4.69) is 0 Å². The number of hydrogen-bond acceptors (Lipinski definition) is 2. The minimum absolute atomic E-state index is 0.161. The molecule has 0 aliphatic rings. The maximum atomic E-state index is 12.6. The summed E-state index contributed by atoms with van der Waals surface area (Å²) in [6.07, 6.45) is 3.29. The number of furan rings is 1. The molecule has 2 aromatic heterocycles. The molecule has 0 aromatic carbocycles. The van der Waals surface area contributed by atoms with Crippen LogP contribution in [-0.2, 0) is 0 Å². The van der Waals surface area contributed by atoms with Crippen molar-refractivity contribution >= 4 is 11.3 Å². The normalized spacial score (nSPS) is 10.5. The van der Waals surface area contributed by atoms with Gasteiger partial charge >= 0.3 is 0 Å². The molecule has 2 rings (SSSR count). The Kier molecular flexibility index (Phi) is 1.73. The van der Waals surface area contributed by atoms with Gasteiger partial charge in [-0.15, -0.1) is 11.3 Å². The molecule has 0 bridgehead atoms. The van der Waals surface area contributed by atoms with Crippen molar-refractivity contribution < 1.29 is 8.81 Å². The van der Waals surface area contributed by atoms with E-state index in [1.165, 1.54) is 6.07 Å². The Morgan fingerprint density at radius 3 is 2.75 bits per heavy atom. The fourth-order valence-corrected chi connectivity index (χ4v) is 1.74. The van der Waals surface area contributed by atoms with Crippen LogP contribution in [0.15, 0.2) is 28.4 Å². The smallest absolute Gasteiger partial charge is 0.177 e. The topological polar surface area (TPSA) is 13.1 Å². The molecule has 0 radical (unpaired) electrons. The van der Waals surface area contributed by atoms with Gasteiger partial charge in [-0.3, -0.25) is 0 Å². The van der Waals surface area contributed by atoms with Crippen LogP contribution in [0.25, 0.3) is 11.1 Å². The van der Waals surface area contributed by atoms with E-state index in [4.69, 9.17) is 4.42 Å². The van der Waals surface area contributed by atoms with E-state index in [0.717, 1.165) is 28.0 Å². The Hall–Kier alpha value is -1.09. The highest BCUT2D eigenvalue weighted by Gasteiger charge is 2.06. The van der Waals surface area contributed by atoms with Gasteiger partial charge in [0, 0.05) is 10.9 Å². The summed E-state index contributed by atoms with van der Waals surface area (Å²) in [4.78, 5) is 0. The predicted octanol–water partition coefficient (Wildman–Crippen LogP) is 3.46. The van der Waals surface area contributed by atoms with E-state index < -0.39 is 0 Å². The van der Waals surface area contributed by atoms with E-state index in [-0.39, 0.29) is 5.13 Å². The first kappa shape index (κ1) is 7.55. The van der Waals surface area contributed by atoms with Crippen LogP contribution in [0.5, 0.6) is 0 Å². The van der Waals surface area contributed by atoms with Crippen molar-refractivity contribution in [2.45, 2.75) is 6.92 Å². The van der Waals surface area contributed by atoms with E-state index in [9.17, 15) is 4.39 Å². The SMILES string of the molecule is Cc1cocc1-c1csc(F)c1. The summed E-state index contributed by atoms with van der Waals surface area (Å²) in [5, 5.41) is 1.62. The van der Waals surface area contributed by atoms with Crippen molar-refractivity contribution in [3.05, 3.63) is 34.7 Å². The molecule has 12 heavy (non-hydrogen) atoms. The molecule has 0 unspecified atom stereocenters. The van der Waals surface area contributed by atoms with E-state index in [0.29, 0.717) is 0 Å². The Morgan fingerprint density at radius 1 is 1.42 bits per heavy atom. The second-order valence-corrected chi connectivity index (χ2v) is 3.47. The first-order chi connectivity index (χ1) is 5.77. The van der Waals surface area contributed by atoms with Gasteiger partial charge in [-0.1, -0.05) is 0 Å². The first-order valence-corrected chi connectivity index (χ1v) is 4.42. The monoisotopic (exact) mass is 182 g/mol. The third-order valence-electron chi connectivity index (χ3n) is 1.73. The average Bonchev–Trinajstić information content (AvgIpc) is 2.58. The van der Waals surface area contributed by atoms with Gasteiger partial charge < -0.3 is 4.42 Å². The van der Waals surface area contributed by atoms with Crippen molar-refractivity contribution in [1.82, 2.24) is 0 Å². The van der Waals surface area contributed by atoms with Crippen LogP contribution in [0.2, 0.25) is 0 Å². The summed E-state index contributed by atoms with van der Waals surface area (Å²) in [5.41, 5.74) is 2.90. The molecule has 0 saturated carbocycles. The molecular formula is C9H7FOS. The molecule has 2 heterocycles. The van der Waals surface area contributed by atoms with Crippen molar-refractivity contribution in [2.24, 2.45) is 0 Å². The van der Waals surface area contributed by atoms with Gasteiger partial charge in [-0.2, -0.15) is 4.39 Å². The number of thiophene rings is 1. The van der Waals surface area contributed by atoms with Crippen LogP contribution in [0, 0.1) is 12.1 Å². The standard InChI is InChI=1S/C9H7FOS/c1-6-3-11-4-8(6)7-2-9(10)12-5-7/h2-5H,1H3. The van der Waals surface area contributed by atoms with Gasteiger partial charge in [-0.05, 0) is 24.1 Å². The Bertz CT molecular complexity index is 389. The second-order valence-electron chi connectivity index (χ2n) is 2.61. The van der Waals surface area contributed by atoms with Gasteiger partial charge in [0.1, 0.15) is 0 Å². The molecule has 0 saturated heterocycles. The second kappa shape index (κ2) is 2.75. The number of aryl methyl sites for hydroxylation is 1. The molecule has 0 fully saturated rings. The lowest BCUT2D eigenvalue weighted by atomic mass is 10.1. The minimum atomic E-state index is -0.161. The molecule has 62 valence electrons. The number of rotatable bonds is 1. The maximum absolute atomic E-state index is 12.6. The third-order valence-corrected chi connectivity index (χ3v) is 2.45. The zero-order chi connectivity index (χ0) is 8.55. The fourth-order valence-electron chi connectivity index (χ4n) is 1.11. The third kappa shape index (κ3) is 1.16. The van der Waals surface area contributed by atoms with Crippen molar-refractivity contribution in [2.75, 3.05) is 0 Å². The zero-order valence-corrected chi connectivity index (χ0v) is 7.32. The van der Waals surface area contributed by atoms with E-state index in [1.54, 1.807) is 17.9 Å². The minimum Gasteiger partial charge on any atom is -0.472 e. The molecule has 0 spiro atoms. The average molecular weight is 182 g/mol. The van der Waals surface area contributed by atoms with Gasteiger partial charge in [0.15, 0.2) is 5.13 Å². The van der Waals surface area contributed by atoms with Crippen LogP contribution in [0.1, 0.15) is 5.56 Å². The van der Waals surface area contributed by atoms with Crippen LogP contribution in [0.4, 0.5) is 4.39 Å². The molecule has 0 N–H and O–H groups in total. The Balaban J connectivity index is 2.50. The molecule has 0 aliphatic carbocycles. The first-order valence-electron chi connectivity index (χ1n) is 3.54. The molecular weight excluding hydrogens is 175 g/mol. The highest BCUT2D eigenvalue weighted by Crippen LogP contribution is 2.27. The predicted molar refractivity (Wildman–Crippen MR) is 46.7 cm³/mol. The molecule has 3 heteroatoms. The van der Waals surface area contributed by atoms with Crippen LogP contribution in [-0.4, -0.2) is 0 Å². The van der Waals surface area contributed by atoms with Crippen molar-refractivity contribution in [1.29, 1.82) is 0 Å². The Labute approximate surface area is 73.5 Å². The van der Waals surface area contributed by atoms with Crippen LogP contribution >= 0.6 is 11.3 Å². The van der Waals surface area contributed by atoms with E-state index >= 15 is 0 Å². The lowest BCUT2D eigenvalue weighted by molar-refractivity contribution is 0.566. The maximum Gasteiger partial charge on any atom is 0.177 e. The van der Waals surface area contributed by atoms with Crippen molar-refractivity contribution in [3.63, 3.8) is 0 Å². The lowest BCUT2D eigenvalue weighted by Crippen LogP contribution is -1.70. The highest BCUT2D eigenvalue weighted by molar-refractivity contribution is 7.08.